The highest BCUT2D eigenvalue weighted by molar-refractivity contribution is 5.21. The molecule has 0 spiro atoms. The molecule has 0 aliphatic rings. The molecular weight excluding hydrogens is 160 g/mol. The van der Waals surface area contributed by atoms with Gasteiger partial charge in [0.15, 0.2) is 0 Å². The lowest BCUT2D eigenvalue weighted by Crippen LogP contribution is -1.83. The molecule has 0 aliphatic carbocycles. The van der Waals surface area contributed by atoms with E-state index in [9.17, 15) is 0 Å². The molecule has 0 radical (unpaired) electrons. The third-order valence-corrected chi connectivity index (χ3v) is 1.87. The van der Waals surface area contributed by atoms with E-state index in [2.05, 4.69) is 17.8 Å². The third kappa shape index (κ3) is 11.1. The van der Waals surface area contributed by atoms with Crippen LogP contribution in [0, 0.1) is 24.2 Å². The molecule has 1 heteroatoms. The minimum Gasteiger partial charge on any atom is -0.396 e. The summed E-state index contributed by atoms with van der Waals surface area (Å²) in [5.41, 5.74) is 0. The van der Waals surface area contributed by atoms with Gasteiger partial charge >= 0.3 is 0 Å². The molecule has 0 rings (SSSR count). The predicted molar refractivity (Wildman–Crippen MR) is 56.0 cm³/mol. The Morgan fingerprint density at radius 1 is 0.923 bits per heavy atom. The average molecular weight is 178 g/mol. The van der Waals surface area contributed by atoms with E-state index in [1.54, 1.807) is 0 Å². The molecule has 0 saturated carbocycles. The second-order valence-corrected chi connectivity index (χ2v) is 3.04. The molecule has 0 atom stereocenters. The molecule has 0 heterocycles. The Balaban J connectivity index is 2.96. The van der Waals surface area contributed by atoms with Crippen molar-refractivity contribution in [3.8, 4) is 24.2 Å². The van der Waals surface area contributed by atoms with Crippen LogP contribution in [0.4, 0.5) is 0 Å². The van der Waals surface area contributed by atoms with E-state index < -0.39 is 0 Å². The van der Waals surface area contributed by atoms with Gasteiger partial charge in [0.2, 0.25) is 0 Å². The lowest BCUT2D eigenvalue weighted by molar-refractivity contribution is 0.282. The Kier molecular flexibility index (Phi) is 10.3. The molecule has 1 nitrogen and oxygen atoms in total. The summed E-state index contributed by atoms with van der Waals surface area (Å²) in [7, 11) is 0. The van der Waals surface area contributed by atoms with Crippen molar-refractivity contribution in [2.24, 2.45) is 0 Å². The fourth-order valence-electron chi connectivity index (χ4n) is 1.15. The molecule has 72 valence electrons. The summed E-state index contributed by atoms with van der Waals surface area (Å²) >= 11 is 0. The van der Waals surface area contributed by atoms with Gasteiger partial charge in [-0.05, 0) is 24.7 Å². The van der Waals surface area contributed by atoms with Crippen LogP contribution >= 0.6 is 0 Å². The van der Waals surface area contributed by atoms with Crippen LogP contribution in [0.3, 0.4) is 0 Å². The monoisotopic (exact) mass is 178 g/mol. The lowest BCUT2D eigenvalue weighted by Gasteiger charge is -1.97. The number of terminal acetylenes is 1. The first-order valence-corrected chi connectivity index (χ1v) is 4.96. The van der Waals surface area contributed by atoms with Crippen molar-refractivity contribution in [2.45, 2.75) is 44.9 Å². The van der Waals surface area contributed by atoms with Gasteiger partial charge in [0.05, 0.1) is 0 Å². The van der Waals surface area contributed by atoms with Crippen LogP contribution in [0.25, 0.3) is 0 Å². The van der Waals surface area contributed by atoms with Crippen molar-refractivity contribution >= 4 is 0 Å². The van der Waals surface area contributed by atoms with Crippen LogP contribution in [-0.4, -0.2) is 11.7 Å². The van der Waals surface area contributed by atoms with Gasteiger partial charge < -0.3 is 5.11 Å². The summed E-state index contributed by atoms with van der Waals surface area (Å²) in [5, 5.41) is 8.53. The summed E-state index contributed by atoms with van der Waals surface area (Å²) in [5.74, 6) is 7.81. The van der Waals surface area contributed by atoms with Crippen LogP contribution in [0.2, 0.25) is 0 Å². The fourth-order valence-corrected chi connectivity index (χ4v) is 1.15. The number of aliphatic hydroxyl groups is 1. The Morgan fingerprint density at radius 2 is 1.54 bits per heavy atom. The summed E-state index contributed by atoms with van der Waals surface area (Å²) in [6, 6.07) is 0. The molecule has 0 aromatic heterocycles. The maximum atomic E-state index is 8.53. The van der Waals surface area contributed by atoms with Crippen LogP contribution in [0.5, 0.6) is 0 Å². The summed E-state index contributed by atoms with van der Waals surface area (Å²) < 4.78 is 0. The third-order valence-electron chi connectivity index (χ3n) is 1.87. The zero-order valence-corrected chi connectivity index (χ0v) is 8.18. The molecule has 0 unspecified atom stereocenters. The highest BCUT2D eigenvalue weighted by Crippen LogP contribution is 2.06. The highest BCUT2D eigenvalue weighted by Gasteiger charge is 1.89. The van der Waals surface area contributed by atoms with Crippen LogP contribution in [0.15, 0.2) is 0 Å². The number of hydrogen-bond donors (Lipinski definition) is 1. The predicted octanol–water partition coefficient (Wildman–Crippen LogP) is 2.35. The molecule has 0 bridgehead atoms. The zero-order valence-electron chi connectivity index (χ0n) is 8.18. The Bertz CT molecular complexity index is 189. The van der Waals surface area contributed by atoms with Crippen molar-refractivity contribution in [2.75, 3.05) is 6.61 Å². The van der Waals surface area contributed by atoms with Gasteiger partial charge in [-0.2, -0.15) is 0 Å². The van der Waals surface area contributed by atoms with Crippen molar-refractivity contribution in [1.29, 1.82) is 0 Å². The van der Waals surface area contributed by atoms with Gasteiger partial charge in [0.1, 0.15) is 0 Å². The maximum Gasteiger partial charge on any atom is 0.0431 e. The van der Waals surface area contributed by atoms with Crippen molar-refractivity contribution in [3.05, 3.63) is 0 Å². The molecular formula is C12H18O. The first-order chi connectivity index (χ1) is 6.41. The molecule has 0 aromatic rings. The lowest BCUT2D eigenvalue weighted by atomic mass is 10.1. The quantitative estimate of drug-likeness (QED) is 0.468. The largest absolute Gasteiger partial charge is 0.396 e. The fraction of sp³-hybridized carbons (Fsp3) is 0.667. The van der Waals surface area contributed by atoms with E-state index in [0.717, 1.165) is 25.7 Å². The van der Waals surface area contributed by atoms with E-state index in [0.29, 0.717) is 6.61 Å². The van der Waals surface area contributed by atoms with E-state index in [1.807, 2.05) is 0 Å². The van der Waals surface area contributed by atoms with Gasteiger partial charge in [0, 0.05) is 13.0 Å². The first kappa shape index (κ1) is 12.1. The van der Waals surface area contributed by atoms with Gasteiger partial charge in [-0.1, -0.05) is 31.6 Å². The van der Waals surface area contributed by atoms with Crippen molar-refractivity contribution < 1.29 is 5.11 Å². The highest BCUT2D eigenvalue weighted by atomic mass is 16.2. The van der Waals surface area contributed by atoms with Gasteiger partial charge in [-0.15, -0.1) is 6.42 Å². The van der Waals surface area contributed by atoms with E-state index in [-0.39, 0.29) is 0 Å². The summed E-state index contributed by atoms with van der Waals surface area (Å²) in [6.07, 6.45) is 12.8. The average Bonchev–Trinajstić information content (AvgIpc) is 2.16. The van der Waals surface area contributed by atoms with E-state index in [4.69, 9.17) is 11.5 Å². The number of hydrogen-bond acceptors (Lipinski definition) is 1. The second-order valence-electron chi connectivity index (χ2n) is 3.04. The molecule has 13 heavy (non-hydrogen) atoms. The topological polar surface area (TPSA) is 20.2 Å². The Labute approximate surface area is 81.5 Å². The first-order valence-electron chi connectivity index (χ1n) is 4.96. The normalized spacial score (nSPS) is 8.62. The zero-order chi connectivity index (χ0) is 9.78. The van der Waals surface area contributed by atoms with Crippen LogP contribution < -0.4 is 0 Å². The number of rotatable bonds is 7. The van der Waals surface area contributed by atoms with Gasteiger partial charge in [-0.3, -0.25) is 0 Å². The van der Waals surface area contributed by atoms with E-state index in [1.165, 1.54) is 19.3 Å². The van der Waals surface area contributed by atoms with E-state index >= 15 is 0 Å². The van der Waals surface area contributed by atoms with Crippen LogP contribution in [-0.2, 0) is 0 Å². The molecule has 0 amide bonds. The van der Waals surface area contributed by atoms with Crippen molar-refractivity contribution in [1.82, 2.24) is 0 Å². The van der Waals surface area contributed by atoms with Gasteiger partial charge in [0.25, 0.3) is 0 Å². The smallest absolute Gasteiger partial charge is 0.0431 e. The van der Waals surface area contributed by atoms with Crippen molar-refractivity contribution in [3.63, 3.8) is 0 Å². The molecule has 0 fully saturated rings. The molecule has 0 aromatic carbocycles. The standard InChI is InChI=1S/C12H18O/c1-2-3-4-5-6-7-8-9-10-11-12-13/h1,13H,5-12H2. The Morgan fingerprint density at radius 3 is 2.15 bits per heavy atom. The summed E-state index contributed by atoms with van der Waals surface area (Å²) in [6.45, 7) is 0.327. The Hall–Kier alpha value is -0.920. The molecule has 0 saturated heterocycles. The summed E-state index contributed by atoms with van der Waals surface area (Å²) in [4.78, 5) is 0. The number of unbranched alkanes of at least 4 members (excludes halogenated alkanes) is 6. The van der Waals surface area contributed by atoms with Crippen LogP contribution in [0.1, 0.15) is 44.9 Å². The maximum absolute atomic E-state index is 8.53. The second kappa shape index (κ2) is 11.1. The SMILES string of the molecule is C#CC#CCCCCCCCCO. The van der Waals surface area contributed by atoms with Gasteiger partial charge in [-0.25, -0.2) is 0 Å². The minimum absolute atomic E-state index is 0.327. The minimum atomic E-state index is 0.327. The molecule has 0 aliphatic heterocycles. The number of aliphatic hydroxyl groups excluding tert-OH is 1. The molecule has 1 N–H and O–H groups in total.